The molecule has 0 unspecified atom stereocenters. The van der Waals surface area contributed by atoms with E-state index in [-0.39, 0.29) is 39.5 Å². The number of imide groups is 2. The quantitative estimate of drug-likeness (QED) is 0.455. The van der Waals surface area contributed by atoms with Crippen molar-refractivity contribution < 1.29 is 14.4 Å². The molecular weight excluding hydrogens is 390 g/mol. The van der Waals surface area contributed by atoms with Crippen molar-refractivity contribution in [2.24, 2.45) is 0 Å². The molecule has 20 heavy (non-hydrogen) atoms. The van der Waals surface area contributed by atoms with E-state index in [1.807, 2.05) is 0 Å². The van der Waals surface area contributed by atoms with E-state index in [1.54, 1.807) is 0 Å². The van der Waals surface area contributed by atoms with Gasteiger partial charge in [-0.15, -0.1) is 0 Å². The van der Waals surface area contributed by atoms with Crippen LogP contribution in [0.1, 0.15) is 39.5 Å². The Kier molecular flexibility index (Phi) is 8.46. The van der Waals surface area contributed by atoms with Crippen molar-refractivity contribution in [2.75, 3.05) is 13.1 Å². The first-order valence-electron chi connectivity index (χ1n) is 7.04. The second kappa shape index (κ2) is 9.56. The van der Waals surface area contributed by atoms with Gasteiger partial charge in [-0.1, -0.05) is 0 Å². The number of rotatable bonds is 8. The van der Waals surface area contributed by atoms with Crippen LogP contribution in [-0.4, -0.2) is 68.4 Å². The Bertz CT molecular complexity index is 332. The van der Waals surface area contributed by atoms with Crippen molar-refractivity contribution in [1.29, 1.82) is 0 Å². The normalized spacial score (nSPS) is 15.0. The average Bonchev–Trinajstić information content (AvgIpc) is 2.81. The molecule has 0 saturated carbocycles. The summed E-state index contributed by atoms with van der Waals surface area (Å²) < 4.78 is 0. The second-order valence-electron chi connectivity index (χ2n) is 4.52. The number of hydrogen-bond donors (Lipinski definition) is 0. The van der Waals surface area contributed by atoms with Gasteiger partial charge in [0.2, 0.25) is 0 Å². The topological polar surface area (TPSA) is 57.7 Å². The van der Waals surface area contributed by atoms with E-state index in [1.165, 1.54) is 9.80 Å². The van der Waals surface area contributed by atoms with Crippen LogP contribution < -0.4 is 0 Å². The number of carbonyl (C=O) groups is 3. The van der Waals surface area contributed by atoms with Crippen molar-refractivity contribution in [1.82, 2.24) is 9.80 Å². The van der Waals surface area contributed by atoms with Gasteiger partial charge in [0.15, 0.2) is 0 Å². The van der Waals surface area contributed by atoms with E-state index in [0.717, 1.165) is 36.3 Å². The van der Waals surface area contributed by atoms with E-state index in [0.29, 0.717) is 13.1 Å². The zero-order chi connectivity index (χ0) is 15.0. The van der Waals surface area contributed by atoms with Crippen LogP contribution >= 0.6 is 0 Å². The van der Waals surface area contributed by atoms with Gasteiger partial charge in [0.1, 0.15) is 0 Å². The van der Waals surface area contributed by atoms with Gasteiger partial charge in [0.05, 0.1) is 0 Å². The minimum atomic E-state index is -0.392. The van der Waals surface area contributed by atoms with Gasteiger partial charge in [-0.3, -0.25) is 0 Å². The van der Waals surface area contributed by atoms with Crippen LogP contribution in [-0.2, 0) is 0 Å². The summed E-state index contributed by atoms with van der Waals surface area (Å²) in [5.41, 5.74) is 0. The number of urea groups is 1. The second-order valence-corrected chi connectivity index (χ2v) is 8.91. The summed E-state index contributed by atoms with van der Waals surface area (Å²) in [7, 11) is 0. The Hall–Kier alpha value is -0.351. The van der Waals surface area contributed by atoms with Crippen LogP contribution in [0.15, 0.2) is 0 Å². The molecule has 4 amide bonds. The first kappa shape index (κ1) is 17.7. The van der Waals surface area contributed by atoms with Crippen LogP contribution in [0.25, 0.3) is 0 Å². The van der Waals surface area contributed by atoms with Crippen molar-refractivity contribution >= 4 is 45.6 Å². The molecule has 0 aromatic rings. The molecule has 114 valence electrons. The molecule has 0 atom stereocenters. The van der Waals surface area contributed by atoms with Gasteiger partial charge in [-0.05, 0) is 0 Å². The summed E-state index contributed by atoms with van der Waals surface area (Å²) in [5.74, 6) is 0. The van der Waals surface area contributed by atoms with E-state index in [9.17, 15) is 14.4 Å². The average molecular weight is 412 g/mol. The van der Waals surface area contributed by atoms with Crippen LogP contribution in [0.5, 0.6) is 0 Å². The van der Waals surface area contributed by atoms with Gasteiger partial charge < -0.3 is 0 Å². The maximum absolute atomic E-state index is 12.1. The zero-order valence-electron chi connectivity index (χ0n) is 12.1. The van der Waals surface area contributed by atoms with Crippen molar-refractivity contribution in [3.63, 3.8) is 0 Å². The standard InChI is InChI=1S/C13H22N2O3Se2/c1-3-5-9-19-12(17)14-7-8-15(11(14)16)13(18)20-10-6-4-2/h3-10H2,1-2H3. The van der Waals surface area contributed by atoms with Crippen LogP contribution in [0.3, 0.4) is 0 Å². The van der Waals surface area contributed by atoms with Gasteiger partial charge >= 0.3 is 133 Å². The fourth-order valence-corrected chi connectivity index (χ4v) is 5.55. The van der Waals surface area contributed by atoms with Crippen LogP contribution in [0.4, 0.5) is 14.4 Å². The zero-order valence-corrected chi connectivity index (χ0v) is 15.5. The molecule has 0 bridgehead atoms. The number of nitrogens with zero attached hydrogens (tertiary/aromatic N) is 2. The number of amides is 4. The molecule has 1 saturated heterocycles. The predicted molar refractivity (Wildman–Crippen MR) is 80.5 cm³/mol. The number of hydrogen-bond acceptors (Lipinski definition) is 3. The number of carbonyl (C=O) groups excluding carboxylic acids is 3. The van der Waals surface area contributed by atoms with E-state index >= 15 is 0 Å². The molecule has 1 rings (SSSR count). The molecule has 1 aliphatic heterocycles. The van der Waals surface area contributed by atoms with E-state index in [2.05, 4.69) is 13.8 Å². The van der Waals surface area contributed by atoms with Crippen molar-refractivity contribution in [3.8, 4) is 0 Å². The van der Waals surface area contributed by atoms with E-state index < -0.39 is 6.03 Å². The Morgan fingerprint density at radius 2 is 1.35 bits per heavy atom. The van der Waals surface area contributed by atoms with Crippen molar-refractivity contribution in [3.05, 3.63) is 0 Å². The molecule has 7 heteroatoms. The molecule has 0 aromatic carbocycles. The van der Waals surface area contributed by atoms with Gasteiger partial charge in [0.25, 0.3) is 0 Å². The molecule has 0 aliphatic carbocycles. The Morgan fingerprint density at radius 1 is 0.950 bits per heavy atom. The van der Waals surface area contributed by atoms with E-state index in [4.69, 9.17) is 0 Å². The van der Waals surface area contributed by atoms with Crippen molar-refractivity contribution in [2.45, 2.75) is 50.2 Å². The molecule has 5 nitrogen and oxygen atoms in total. The third-order valence-corrected chi connectivity index (χ3v) is 6.93. The van der Waals surface area contributed by atoms with Crippen LogP contribution in [0.2, 0.25) is 10.6 Å². The molecule has 0 radical (unpaired) electrons. The monoisotopic (exact) mass is 414 g/mol. The molecule has 0 aromatic heterocycles. The predicted octanol–water partition coefficient (Wildman–Crippen LogP) is 2.81. The van der Waals surface area contributed by atoms with Gasteiger partial charge in [-0.25, -0.2) is 0 Å². The summed E-state index contributed by atoms with van der Waals surface area (Å²) in [6.45, 7) is 4.92. The third kappa shape index (κ3) is 5.21. The molecule has 0 N–H and O–H groups in total. The summed E-state index contributed by atoms with van der Waals surface area (Å²) in [4.78, 5) is 38.4. The Labute approximate surface area is 133 Å². The van der Waals surface area contributed by atoms with Gasteiger partial charge in [0, 0.05) is 0 Å². The van der Waals surface area contributed by atoms with Gasteiger partial charge in [-0.2, -0.15) is 0 Å². The molecule has 0 spiro atoms. The fourth-order valence-electron chi connectivity index (χ4n) is 1.64. The summed E-state index contributed by atoms with van der Waals surface area (Å²) >= 11 is -0.337. The molecular formula is C13H22N2O3Se2. The molecule has 1 heterocycles. The minimum absolute atomic E-state index is 0.0766. The van der Waals surface area contributed by atoms with Crippen LogP contribution in [0, 0.1) is 0 Å². The SMILES string of the molecule is CCCC[Se]C(=O)N1CCN(C(=O)[Se]CCCC)C1=O. The number of unbranched alkanes of at least 4 members (excludes halogenated alkanes) is 2. The Balaban J connectivity index is 2.42. The summed E-state index contributed by atoms with van der Waals surface area (Å²) in [6.07, 6.45) is 4.17. The first-order chi connectivity index (χ1) is 9.61. The third-order valence-electron chi connectivity index (χ3n) is 2.90. The summed E-state index contributed by atoms with van der Waals surface area (Å²) in [6, 6.07) is -0.392. The summed E-state index contributed by atoms with van der Waals surface area (Å²) in [5, 5.41) is 1.75. The fraction of sp³-hybridized carbons (Fsp3) is 0.769. The maximum atomic E-state index is 12.1. The molecule has 1 aliphatic rings. The Morgan fingerprint density at radius 3 is 1.70 bits per heavy atom. The molecule has 1 fully saturated rings. The first-order valence-corrected chi connectivity index (χ1v) is 11.2.